The zero-order chi connectivity index (χ0) is 14.8. The van der Waals surface area contributed by atoms with E-state index in [1.54, 1.807) is 12.3 Å². The second-order valence-electron chi connectivity index (χ2n) is 4.92. The third kappa shape index (κ3) is 2.48. The molecule has 0 radical (unpaired) electrons. The normalized spacial score (nSPS) is 10.7. The molecule has 0 fully saturated rings. The van der Waals surface area contributed by atoms with Crippen molar-refractivity contribution in [3.8, 4) is 0 Å². The van der Waals surface area contributed by atoms with Gasteiger partial charge in [-0.1, -0.05) is 24.3 Å². The monoisotopic (exact) mass is 281 g/mol. The zero-order valence-electron chi connectivity index (χ0n) is 11.6. The molecule has 0 saturated heterocycles. The molecule has 0 aliphatic carbocycles. The Balaban J connectivity index is 2.07. The molecular weight excluding hydrogens is 266 g/mol. The fourth-order valence-corrected chi connectivity index (χ4v) is 2.52. The Bertz CT molecular complexity index is 778. The Morgan fingerprint density at radius 2 is 1.86 bits per heavy atom. The van der Waals surface area contributed by atoms with Gasteiger partial charge in [-0.15, -0.1) is 0 Å². The molecule has 1 aromatic heterocycles. The molecule has 4 heteroatoms. The van der Waals surface area contributed by atoms with Crippen LogP contribution >= 0.6 is 0 Å². The third-order valence-electron chi connectivity index (χ3n) is 3.52. The molecule has 0 atom stereocenters. The molecule has 1 N–H and O–H groups in total. The van der Waals surface area contributed by atoms with E-state index in [-0.39, 0.29) is 0 Å². The highest BCUT2D eigenvalue weighted by atomic mass is 16.4. The van der Waals surface area contributed by atoms with Gasteiger partial charge in [-0.2, -0.15) is 0 Å². The molecule has 106 valence electrons. The number of carboxylic acids is 1. The lowest BCUT2D eigenvalue weighted by Crippen LogP contribution is -2.16. The summed E-state index contributed by atoms with van der Waals surface area (Å²) >= 11 is 0. The van der Waals surface area contributed by atoms with Gasteiger partial charge in [-0.25, -0.2) is 4.79 Å². The van der Waals surface area contributed by atoms with Crippen molar-refractivity contribution in [1.82, 2.24) is 0 Å². The first-order chi connectivity index (χ1) is 10.2. The lowest BCUT2D eigenvalue weighted by molar-refractivity contribution is 0.0699. The molecular formula is C17H15NO3. The summed E-state index contributed by atoms with van der Waals surface area (Å²) in [6.07, 6.45) is 1.65. The predicted octanol–water partition coefficient (Wildman–Crippen LogP) is 3.77. The molecule has 0 spiro atoms. The number of benzene rings is 2. The fourth-order valence-electron chi connectivity index (χ4n) is 2.52. The number of furan rings is 1. The molecule has 21 heavy (non-hydrogen) atoms. The van der Waals surface area contributed by atoms with Crippen LogP contribution in [0.1, 0.15) is 16.1 Å². The fraction of sp³-hybridized carbons (Fsp3) is 0.118. The van der Waals surface area contributed by atoms with E-state index in [1.165, 1.54) is 0 Å². The Labute approximate surface area is 122 Å². The predicted molar refractivity (Wildman–Crippen MR) is 81.7 cm³/mol. The quantitative estimate of drug-likeness (QED) is 0.791. The zero-order valence-corrected chi connectivity index (χ0v) is 11.6. The number of hydrogen-bond donors (Lipinski definition) is 1. The van der Waals surface area contributed by atoms with E-state index in [2.05, 4.69) is 0 Å². The number of nitrogens with zero attached hydrogens (tertiary/aromatic N) is 1. The average molecular weight is 281 g/mol. The Morgan fingerprint density at radius 1 is 1.10 bits per heavy atom. The van der Waals surface area contributed by atoms with E-state index in [0.717, 1.165) is 22.2 Å². The number of rotatable bonds is 4. The molecule has 0 amide bonds. The van der Waals surface area contributed by atoms with Gasteiger partial charge in [-0.3, -0.25) is 0 Å². The summed E-state index contributed by atoms with van der Waals surface area (Å²) in [5.74, 6) is -0.0460. The number of hydrogen-bond acceptors (Lipinski definition) is 3. The minimum absolute atomic E-state index is 0.320. The van der Waals surface area contributed by atoms with E-state index < -0.39 is 5.97 Å². The summed E-state index contributed by atoms with van der Waals surface area (Å²) < 4.78 is 5.36. The van der Waals surface area contributed by atoms with Crippen molar-refractivity contribution in [2.24, 2.45) is 0 Å². The van der Waals surface area contributed by atoms with Crippen molar-refractivity contribution in [3.05, 3.63) is 66.1 Å². The highest BCUT2D eigenvalue weighted by Crippen LogP contribution is 2.29. The maximum absolute atomic E-state index is 11.3. The SMILES string of the molecule is CN(Cc1ccco1)c1ccc(C(=O)O)c2ccccc12. The van der Waals surface area contributed by atoms with Crippen molar-refractivity contribution in [2.45, 2.75) is 6.54 Å². The number of carbonyl (C=O) groups is 1. The first-order valence-corrected chi connectivity index (χ1v) is 6.65. The van der Waals surface area contributed by atoms with Crippen LogP contribution in [0.4, 0.5) is 5.69 Å². The van der Waals surface area contributed by atoms with Gasteiger partial charge in [-0.05, 0) is 29.7 Å². The highest BCUT2D eigenvalue weighted by molar-refractivity contribution is 6.07. The minimum atomic E-state index is -0.911. The van der Waals surface area contributed by atoms with Crippen LogP contribution in [0.5, 0.6) is 0 Å². The second kappa shape index (κ2) is 5.32. The first kappa shape index (κ1) is 13.2. The number of carboxylic acid groups (broad SMARTS) is 1. The van der Waals surface area contributed by atoms with Crippen molar-refractivity contribution in [1.29, 1.82) is 0 Å². The van der Waals surface area contributed by atoms with Crippen LogP contribution in [-0.2, 0) is 6.54 Å². The Hall–Kier alpha value is -2.75. The van der Waals surface area contributed by atoms with Gasteiger partial charge in [0.25, 0.3) is 0 Å². The number of anilines is 1. The molecule has 1 heterocycles. The number of fused-ring (bicyclic) bond motifs is 1. The van der Waals surface area contributed by atoms with E-state index >= 15 is 0 Å². The van der Waals surface area contributed by atoms with Crippen LogP contribution in [0.15, 0.2) is 59.2 Å². The van der Waals surface area contributed by atoms with E-state index in [0.29, 0.717) is 12.1 Å². The molecule has 2 aromatic carbocycles. The molecule has 0 unspecified atom stereocenters. The topological polar surface area (TPSA) is 53.7 Å². The summed E-state index contributed by atoms with van der Waals surface area (Å²) in [5.41, 5.74) is 1.30. The maximum Gasteiger partial charge on any atom is 0.336 e. The van der Waals surface area contributed by atoms with Gasteiger partial charge in [0.2, 0.25) is 0 Å². The smallest absolute Gasteiger partial charge is 0.336 e. The molecule has 0 aliphatic rings. The molecule has 3 rings (SSSR count). The maximum atomic E-state index is 11.3. The van der Waals surface area contributed by atoms with Crippen molar-refractivity contribution < 1.29 is 14.3 Å². The van der Waals surface area contributed by atoms with Crippen LogP contribution in [0.2, 0.25) is 0 Å². The molecule has 3 aromatic rings. The van der Waals surface area contributed by atoms with E-state index in [9.17, 15) is 9.90 Å². The first-order valence-electron chi connectivity index (χ1n) is 6.65. The van der Waals surface area contributed by atoms with Crippen LogP contribution in [-0.4, -0.2) is 18.1 Å². The standard InChI is InChI=1S/C17H15NO3/c1-18(11-12-5-4-10-21-12)16-9-8-15(17(19)20)13-6-2-3-7-14(13)16/h2-10H,11H2,1H3,(H,19,20). The van der Waals surface area contributed by atoms with Crippen molar-refractivity contribution in [3.63, 3.8) is 0 Å². The third-order valence-corrected chi connectivity index (χ3v) is 3.52. The lowest BCUT2D eigenvalue weighted by Gasteiger charge is -2.20. The van der Waals surface area contributed by atoms with Gasteiger partial charge in [0.05, 0.1) is 18.4 Å². The van der Waals surface area contributed by atoms with Crippen LogP contribution in [0, 0.1) is 0 Å². The van der Waals surface area contributed by atoms with Crippen LogP contribution in [0.3, 0.4) is 0 Å². The summed E-state index contributed by atoms with van der Waals surface area (Å²) in [6.45, 7) is 0.628. The second-order valence-corrected chi connectivity index (χ2v) is 4.92. The van der Waals surface area contributed by atoms with E-state index in [4.69, 9.17) is 4.42 Å². The van der Waals surface area contributed by atoms with Crippen LogP contribution in [0.25, 0.3) is 10.8 Å². The minimum Gasteiger partial charge on any atom is -0.478 e. The van der Waals surface area contributed by atoms with Crippen molar-refractivity contribution >= 4 is 22.4 Å². The number of aromatic carboxylic acids is 1. The summed E-state index contributed by atoms with van der Waals surface area (Å²) in [7, 11) is 1.96. The average Bonchev–Trinajstić information content (AvgIpc) is 2.98. The van der Waals surface area contributed by atoms with Gasteiger partial charge in [0.1, 0.15) is 5.76 Å². The molecule has 0 aliphatic heterocycles. The summed E-state index contributed by atoms with van der Waals surface area (Å²) in [4.78, 5) is 13.4. The highest BCUT2D eigenvalue weighted by Gasteiger charge is 2.13. The van der Waals surface area contributed by atoms with Gasteiger partial charge in [0.15, 0.2) is 0 Å². The van der Waals surface area contributed by atoms with Crippen molar-refractivity contribution in [2.75, 3.05) is 11.9 Å². The van der Waals surface area contributed by atoms with Gasteiger partial charge < -0.3 is 14.4 Å². The lowest BCUT2D eigenvalue weighted by atomic mass is 10.0. The summed E-state index contributed by atoms with van der Waals surface area (Å²) in [5, 5.41) is 11.0. The Kier molecular flexibility index (Phi) is 3.36. The van der Waals surface area contributed by atoms with Gasteiger partial charge in [0, 0.05) is 18.1 Å². The molecule has 4 nitrogen and oxygen atoms in total. The molecule has 0 saturated carbocycles. The summed E-state index contributed by atoms with van der Waals surface area (Å²) in [6, 6.07) is 14.8. The largest absolute Gasteiger partial charge is 0.478 e. The van der Waals surface area contributed by atoms with Crippen LogP contribution < -0.4 is 4.90 Å². The van der Waals surface area contributed by atoms with E-state index in [1.807, 2.05) is 54.4 Å². The Morgan fingerprint density at radius 3 is 2.52 bits per heavy atom. The molecule has 0 bridgehead atoms. The van der Waals surface area contributed by atoms with Gasteiger partial charge >= 0.3 is 5.97 Å².